The Kier molecular flexibility index (Phi) is 5.84. The molecule has 1 fully saturated rings. The van der Waals surface area contributed by atoms with Crippen LogP contribution < -0.4 is 9.47 Å². The number of esters is 1. The smallest absolute Gasteiger partial charge is 0.310 e. The van der Waals surface area contributed by atoms with Gasteiger partial charge in [-0.25, -0.2) is 0 Å². The van der Waals surface area contributed by atoms with Gasteiger partial charge in [0.05, 0.1) is 26.7 Å². The van der Waals surface area contributed by atoms with Crippen molar-refractivity contribution < 1.29 is 23.8 Å². The number of rotatable bonds is 5. The maximum absolute atomic E-state index is 12.7. The minimum Gasteiger partial charge on any atom is -0.497 e. The number of hydrogen-bond donors (Lipinski definition) is 0. The molecule has 6 nitrogen and oxygen atoms in total. The average molecular weight is 321 g/mol. The fourth-order valence-corrected chi connectivity index (χ4v) is 2.73. The van der Waals surface area contributed by atoms with Crippen molar-refractivity contribution in [1.29, 1.82) is 0 Å². The lowest BCUT2D eigenvalue weighted by atomic mass is 9.97. The Bertz CT molecular complexity index is 550. The van der Waals surface area contributed by atoms with Crippen LogP contribution in [0.2, 0.25) is 0 Å². The zero-order chi connectivity index (χ0) is 16.8. The second kappa shape index (κ2) is 7.85. The van der Waals surface area contributed by atoms with Crippen LogP contribution in [-0.2, 0) is 9.53 Å². The average Bonchev–Trinajstić information content (AvgIpc) is 2.60. The molecule has 0 N–H and O–H groups in total. The summed E-state index contributed by atoms with van der Waals surface area (Å²) in [6, 6.07) is 5.08. The van der Waals surface area contributed by atoms with E-state index < -0.39 is 0 Å². The number of carbonyl (C=O) groups is 2. The van der Waals surface area contributed by atoms with Crippen molar-refractivity contribution in [3.63, 3.8) is 0 Å². The first-order valence-corrected chi connectivity index (χ1v) is 7.78. The molecule has 1 saturated heterocycles. The normalized spacial score (nSPS) is 17.5. The van der Waals surface area contributed by atoms with Gasteiger partial charge in [-0.15, -0.1) is 0 Å². The molecule has 1 heterocycles. The molecule has 0 aliphatic carbocycles. The van der Waals surface area contributed by atoms with Gasteiger partial charge < -0.3 is 19.1 Å². The lowest BCUT2D eigenvalue weighted by Gasteiger charge is -2.31. The highest BCUT2D eigenvalue weighted by molar-refractivity contribution is 5.95. The van der Waals surface area contributed by atoms with Crippen molar-refractivity contribution in [1.82, 2.24) is 4.90 Å². The van der Waals surface area contributed by atoms with E-state index in [0.29, 0.717) is 36.8 Å². The van der Waals surface area contributed by atoms with E-state index >= 15 is 0 Å². The Balaban J connectivity index is 2.14. The summed E-state index contributed by atoms with van der Waals surface area (Å²) in [5, 5.41) is 0. The molecule has 0 unspecified atom stereocenters. The van der Waals surface area contributed by atoms with Crippen LogP contribution in [-0.4, -0.2) is 50.7 Å². The van der Waals surface area contributed by atoms with Gasteiger partial charge in [0.15, 0.2) is 0 Å². The number of amides is 1. The predicted octanol–water partition coefficient (Wildman–Crippen LogP) is 2.12. The first kappa shape index (κ1) is 17.1. The summed E-state index contributed by atoms with van der Waals surface area (Å²) in [4.78, 5) is 26.3. The van der Waals surface area contributed by atoms with Crippen molar-refractivity contribution in [3.05, 3.63) is 23.8 Å². The van der Waals surface area contributed by atoms with Crippen LogP contribution in [0.25, 0.3) is 0 Å². The molecule has 1 aromatic carbocycles. The fourth-order valence-electron chi connectivity index (χ4n) is 2.73. The summed E-state index contributed by atoms with van der Waals surface area (Å²) in [6.45, 7) is 3.16. The molecule has 1 atom stereocenters. The minimum atomic E-state index is -0.250. The maximum atomic E-state index is 12.7. The van der Waals surface area contributed by atoms with Gasteiger partial charge in [-0.05, 0) is 31.9 Å². The van der Waals surface area contributed by atoms with Crippen molar-refractivity contribution in [2.45, 2.75) is 19.8 Å². The van der Waals surface area contributed by atoms with Crippen molar-refractivity contribution in [2.24, 2.45) is 5.92 Å². The first-order valence-electron chi connectivity index (χ1n) is 7.78. The molecule has 23 heavy (non-hydrogen) atoms. The third kappa shape index (κ3) is 4.15. The highest BCUT2D eigenvalue weighted by atomic mass is 16.5. The summed E-state index contributed by atoms with van der Waals surface area (Å²) in [7, 11) is 3.08. The van der Waals surface area contributed by atoms with Crippen LogP contribution in [0.4, 0.5) is 0 Å². The third-order valence-corrected chi connectivity index (χ3v) is 3.93. The standard InChI is InChI=1S/C17H23NO5/c1-4-23-17(20)12-6-5-7-18(11-12)16(19)13-8-14(21-2)10-15(9-13)22-3/h8-10,12H,4-7,11H2,1-3H3/t12-/m1/s1. The SMILES string of the molecule is CCOC(=O)[C@@H]1CCCN(C(=O)c2cc(OC)cc(OC)c2)C1. The Hall–Kier alpha value is -2.24. The number of methoxy groups -OCH3 is 2. The highest BCUT2D eigenvalue weighted by Crippen LogP contribution is 2.25. The van der Waals surface area contributed by atoms with Gasteiger partial charge >= 0.3 is 5.97 Å². The van der Waals surface area contributed by atoms with Gasteiger partial charge in [0.1, 0.15) is 11.5 Å². The number of nitrogens with zero attached hydrogens (tertiary/aromatic N) is 1. The summed E-state index contributed by atoms with van der Waals surface area (Å²) < 4.78 is 15.5. The summed E-state index contributed by atoms with van der Waals surface area (Å²) in [5.41, 5.74) is 0.491. The summed E-state index contributed by atoms with van der Waals surface area (Å²) in [6.07, 6.45) is 1.54. The Morgan fingerprint density at radius 2 is 1.83 bits per heavy atom. The highest BCUT2D eigenvalue weighted by Gasteiger charge is 2.30. The Morgan fingerprint density at radius 1 is 1.17 bits per heavy atom. The molecule has 0 aromatic heterocycles. The number of benzene rings is 1. The van der Waals surface area contributed by atoms with Gasteiger partial charge in [0.25, 0.3) is 5.91 Å². The van der Waals surface area contributed by atoms with E-state index in [9.17, 15) is 9.59 Å². The number of piperidine rings is 1. The summed E-state index contributed by atoms with van der Waals surface area (Å²) in [5.74, 6) is 0.517. The van der Waals surface area contributed by atoms with Gasteiger partial charge in [0.2, 0.25) is 0 Å². The molecular formula is C17H23NO5. The van der Waals surface area contributed by atoms with E-state index in [-0.39, 0.29) is 17.8 Å². The number of likely N-dealkylation sites (tertiary alicyclic amines) is 1. The molecule has 1 aliphatic heterocycles. The molecule has 0 saturated carbocycles. The van der Waals surface area contributed by atoms with Crippen LogP contribution >= 0.6 is 0 Å². The van der Waals surface area contributed by atoms with Crippen molar-refractivity contribution >= 4 is 11.9 Å². The van der Waals surface area contributed by atoms with Crippen LogP contribution in [0.5, 0.6) is 11.5 Å². The monoisotopic (exact) mass is 321 g/mol. The van der Waals surface area contributed by atoms with E-state index in [1.54, 1.807) is 44.2 Å². The third-order valence-electron chi connectivity index (χ3n) is 3.93. The first-order chi connectivity index (χ1) is 11.1. The number of hydrogen-bond acceptors (Lipinski definition) is 5. The molecular weight excluding hydrogens is 298 g/mol. The van der Waals surface area contributed by atoms with E-state index in [1.165, 1.54) is 0 Å². The lowest BCUT2D eigenvalue weighted by molar-refractivity contribution is -0.149. The molecule has 1 amide bonds. The van der Waals surface area contributed by atoms with Crippen molar-refractivity contribution in [2.75, 3.05) is 33.9 Å². The molecule has 0 spiro atoms. The lowest BCUT2D eigenvalue weighted by Crippen LogP contribution is -2.42. The van der Waals surface area contributed by atoms with E-state index in [1.807, 2.05) is 0 Å². The molecule has 1 aromatic rings. The Labute approximate surface area is 136 Å². The van der Waals surface area contributed by atoms with Gasteiger partial charge in [-0.1, -0.05) is 0 Å². The quantitative estimate of drug-likeness (QED) is 0.777. The van der Waals surface area contributed by atoms with Crippen LogP contribution in [0.15, 0.2) is 18.2 Å². The molecule has 0 bridgehead atoms. The van der Waals surface area contributed by atoms with Crippen LogP contribution in [0.1, 0.15) is 30.1 Å². The Morgan fingerprint density at radius 3 is 2.39 bits per heavy atom. The molecule has 6 heteroatoms. The van der Waals surface area contributed by atoms with E-state index in [4.69, 9.17) is 14.2 Å². The zero-order valence-electron chi connectivity index (χ0n) is 13.8. The summed E-state index contributed by atoms with van der Waals surface area (Å²) >= 11 is 0. The number of carbonyl (C=O) groups excluding carboxylic acids is 2. The second-order valence-electron chi connectivity index (χ2n) is 5.44. The second-order valence-corrected chi connectivity index (χ2v) is 5.44. The maximum Gasteiger partial charge on any atom is 0.310 e. The topological polar surface area (TPSA) is 65.1 Å². The minimum absolute atomic E-state index is 0.129. The van der Waals surface area contributed by atoms with Crippen LogP contribution in [0, 0.1) is 5.92 Å². The number of ether oxygens (including phenoxy) is 3. The van der Waals surface area contributed by atoms with Gasteiger partial charge in [-0.3, -0.25) is 9.59 Å². The van der Waals surface area contributed by atoms with Crippen molar-refractivity contribution in [3.8, 4) is 11.5 Å². The largest absolute Gasteiger partial charge is 0.497 e. The molecule has 0 radical (unpaired) electrons. The van der Waals surface area contributed by atoms with Gasteiger partial charge in [-0.2, -0.15) is 0 Å². The molecule has 1 aliphatic rings. The molecule has 2 rings (SSSR count). The van der Waals surface area contributed by atoms with Gasteiger partial charge in [0, 0.05) is 24.7 Å². The predicted molar refractivity (Wildman–Crippen MR) is 84.8 cm³/mol. The zero-order valence-corrected chi connectivity index (χ0v) is 13.8. The van der Waals surface area contributed by atoms with Crippen LogP contribution in [0.3, 0.4) is 0 Å². The molecule has 126 valence electrons. The fraction of sp³-hybridized carbons (Fsp3) is 0.529. The van der Waals surface area contributed by atoms with E-state index in [2.05, 4.69) is 0 Å². The van der Waals surface area contributed by atoms with E-state index in [0.717, 1.165) is 12.8 Å².